The smallest absolute Gasteiger partial charge is 0.311 e. The largest absolute Gasteiger partial charge is 0.426 e. The maximum Gasteiger partial charge on any atom is 0.311 e. The normalized spacial score (nSPS) is 20.2. The maximum atomic E-state index is 12.3. The van der Waals surface area contributed by atoms with Crippen molar-refractivity contribution >= 4 is 45.0 Å². The lowest BCUT2D eigenvalue weighted by molar-refractivity contribution is -0.138. The molecule has 3 rings (SSSR count). The van der Waals surface area contributed by atoms with Gasteiger partial charge in [0.05, 0.1) is 24.3 Å². The van der Waals surface area contributed by atoms with E-state index in [0.29, 0.717) is 10.0 Å². The van der Waals surface area contributed by atoms with Crippen LogP contribution in [0.25, 0.3) is 0 Å². The van der Waals surface area contributed by atoms with Gasteiger partial charge in [0.1, 0.15) is 11.5 Å². The van der Waals surface area contributed by atoms with Gasteiger partial charge in [-0.2, -0.15) is 0 Å². The van der Waals surface area contributed by atoms with Crippen LogP contribution >= 0.6 is 23.2 Å². The van der Waals surface area contributed by atoms with Crippen LogP contribution < -0.4 is 9.47 Å². The molecule has 1 aliphatic heterocycles. The molecule has 2 aromatic rings. The molecule has 0 saturated carbocycles. The van der Waals surface area contributed by atoms with Crippen molar-refractivity contribution in [2.45, 2.75) is 12.8 Å². The minimum Gasteiger partial charge on any atom is -0.426 e. The standard InChI is InChI=1S/C20H18Cl2O6S/c21-15-3-1-5-17(9-15)27-19(23)7-13-11-29(25,26)12-14(13)8-20(24)28-18-6-2-4-16(22)10-18/h1-6,9-10,13-14H,7-8,11-12H2/t13-,14+. The molecule has 0 unspecified atom stereocenters. The quantitative estimate of drug-likeness (QED) is 0.483. The zero-order valence-corrected chi connectivity index (χ0v) is 17.5. The Bertz CT molecular complexity index is 946. The Labute approximate surface area is 178 Å². The Balaban J connectivity index is 1.62. The van der Waals surface area contributed by atoms with Crippen LogP contribution in [0.3, 0.4) is 0 Å². The van der Waals surface area contributed by atoms with E-state index in [1.807, 2.05) is 0 Å². The molecule has 1 aliphatic rings. The predicted octanol–water partition coefficient (Wildman–Crippen LogP) is 3.95. The predicted molar refractivity (Wildman–Crippen MR) is 109 cm³/mol. The molecule has 2 atom stereocenters. The van der Waals surface area contributed by atoms with Crippen LogP contribution in [0.4, 0.5) is 0 Å². The minimum atomic E-state index is -3.35. The van der Waals surface area contributed by atoms with Crippen LogP contribution in [0.5, 0.6) is 11.5 Å². The highest BCUT2D eigenvalue weighted by Crippen LogP contribution is 2.32. The van der Waals surface area contributed by atoms with E-state index in [9.17, 15) is 18.0 Å². The highest BCUT2D eigenvalue weighted by atomic mass is 35.5. The average Bonchev–Trinajstić information content (AvgIpc) is 2.87. The van der Waals surface area contributed by atoms with Crippen molar-refractivity contribution in [3.8, 4) is 11.5 Å². The third-order valence-electron chi connectivity index (χ3n) is 4.52. The monoisotopic (exact) mass is 456 g/mol. The molecule has 0 aromatic heterocycles. The summed E-state index contributed by atoms with van der Waals surface area (Å²) in [5, 5.41) is 0.834. The molecule has 0 N–H and O–H groups in total. The third-order valence-corrected chi connectivity index (χ3v) is 6.86. The summed E-state index contributed by atoms with van der Waals surface area (Å²) in [5.74, 6) is -2.01. The molecular weight excluding hydrogens is 439 g/mol. The van der Waals surface area contributed by atoms with E-state index in [4.69, 9.17) is 32.7 Å². The van der Waals surface area contributed by atoms with Crippen molar-refractivity contribution in [1.29, 1.82) is 0 Å². The van der Waals surface area contributed by atoms with Crippen LogP contribution in [0, 0.1) is 11.8 Å². The summed E-state index contributed by atoms with van der Waals surface area (Å²) in [6, 6.07) is 12.7. The Morgan fingerprint density at radius 1 is 0.828 bits per heavy atom. The zero-order chi connectivity index (χ0) is 21.0. The van der Waals surface area contributed by atoms with Gasteiger partial charge in [-0.1, -0.05) is 35.3 Å². The van der Waals surface area contributed by atoms with E-state index >= 15 is 0 Å². The first-order valence-electron chi connectivity index (χ1n) is 8.83. The van der Waals surface area contributed by atoms with Crippen molar-refractivity contribution in [1.82, 2.24) is 0 Å². The highest BCUT2D eigenvalue weighted by Gasteiger charge is 2.40. The summed E-state index contributed by atoms with van der Waals surface area (Å²) in [6.07, 6.45) is -0.248. The lowest BCUT2D eigenvalue weighted by Gasteiger charge is -2.16. The highest BCUT2D eigenvalue weighted by molar-refractivity contribution is 7.91. The molecular formula is C20H18Cl2O6S. The number of carbonyl (C=O) groups is 2. The molecule has 6 nitrogen and oxygen atoms in total. The topological polar surface area (TPSA) is 86.7 Å². The van der Waals surface area contributed by atoms with Crippen LogP contribution in [0.2, 0.25) is 10.0 Å². The van der Waals surface area contributed by atoms with Crippen LogP contribution in [0.15, 0.2) is 48.5 Å². The average molecular weight is 457 g/mol. The number of halogens is 2. The summed E-state index contributed by atoms with van der Waals surface area (Å²) in [7, 11) is -3.35. The molecule has 1 fully saturated rings. The molecule has 0 radical (unpaired) electrons. The molecule has 0 bridgehead atoms. The van der Waals surface area contributed by atoms with Crippen molar-refractivity contribution in [3.63, 3.8) is 0 Å². The fourth-order valence-electron chi connectivity index (χ4n) is 3.28. The fraction of sp³-hybridized carbons (Fsp3) is 0.300. The van der Waals surface area contributed by atoms with Gasteiger partial charge in [0.2, 0.25) is 0 Å². The number of ether oxygens (including phenoxy) is 2. The zero-order valence-electron chi connectivity index (χ0n) is 15.2. The summed E-state index contributed by atoms with van der Waals surface area (Å²) < 4.78 is 34.6. The molecule has 0 aliphatic carbocycles. The van der Waals surface area contributed by atoms with Crippen LogP contribution in [0.1, 0.15) is 12.8 Å². The molecule has 1 heterocycles. The van der Waals surface area contributed by atoms with Crippen molar-refractivity contribution in [3.05, 3.63) is 58.6 Å². The lowest BCUT2D eigenvalue weighted by Crippen LogP contribution is -2.23. The molecule has 9 heteroatoms. The minimum absolute atomic E-state index is 0.124. The summed E-state index contributed by atoms with van der Waals surface area (Å²) >= 11 is 11.7. The van der Waals surface area contributed by atoms with Gasteiger partial charge in [-0.05, 0) is 48.2 Å². The molecule has 2 aromatic carbocycles. The number of sulfone groups is 1. The summed E-state index contributed by atoms with van der Waals surface area (Å²) in [5.41, 5.74) is 0. The number of rotatable bonds is 6. The molecule has 0 amide bonds. The Morgan fingerprint density at radius 2 is 1.24 bits per heavy atom. The maximum absolute atomic E-state index is 12.3. The Kier molecular flexibility index (Phi) is 6.82. The fourth-order valence-corrected chi connectivity index (χ4v) is 5.86. The lowest BCUT2D eigenvalue weighted by atomic mass is 9.90. The van der Waals surface area contributed by atoms with Crippen LogP contribution in [-0.2, 0) is 19.4 Å². The van der Waals surface area contributed by atoms with Gasteiger partial charge < -0.3 is 9.47 Å². The van der Waals surface area contributed by atoms with Gasteiger partial charge in [-0.3, -0.25) is 9.59 Å². The van der Waals surface area contributed by atoms with E-state index in [-0.39, 0.29) is 35.8 Å². The van der Waals surface area contributed by atoms with Crippen LogP contribution in [-0.4, -0.2) is 31.9 Å². The van der Waals surface area contributed by atoms with Crippen molar-refractivity contribution in [2.75, 3.05) is 11.5 Å². The first kappa shape index (κ1) is 21.6. The van der Waals surface area contributed by atoms with E-state index in [2.05, 4.69) is 0 Å². The third kappa shape index (κ3) is 6.45. The second-order valence-electron chi connectivity index (χ2n) is 6.87. The molecule has 29 heavy (non-hydrogen) atoms. The SMILES string of the molecule is O=C(C[C@@H]1CS(=O)(=O)C[C@@H]1CC(=O)Oc1cccc(Cl)c1)Oc1cccc(Cl)c1. The van der Waals surface area contributed by atoms with Gasteiger partial charge in [-0.25, -0.2) is 8.42 Å². The van der Waals surface area contributed by atoms with Gasteiger partial charge >= 0.3 is 11.9 Å². The number of carbonyl (C=O) groups excluding carboxylic acids is 2. The second kappa shape index (κ2) is 9.15. The summed E-state index contributed by atoms with van der Waals surface area (Å²) in [4.78, 5) is 24.5. The van der Waals surface area contributed by atoms with E-state index in [1.165, 1.54) is 12.1 Å². The number of benzene rings is 2. The molecule has 154 valence electrons. The van der Waals surface area contributed by atoms with Gasteiger partial charge in [0.25, 0.3) is 0 Å². The van der Waals surface area contributed by atoms with E-state index < -0.39 is 33.6 Å². The van der Waals surface area contributed by atoms with Gasteiger partial charge in [-0.15, -0.1) is 0 Å². The number of hydrogen-bond donors (Lipinski definition) is 0. The first-order valence-corrected chi connectivity index (χ1v) is 11.4. The van der Waals surface area contributed by atoms with Gasteiger partial charge in [0.15, 0.2) is 9.84 Å². The number of hydrogen-bond acceptors (Lipinski definition) is 6. The molecule has 1 saturated heterocycles. The first-order chi connectivity index (χ1) is 13.7. The van der Waals surface area contributed by atoms with Gasteiger partial charge in [0, 0.05) is 10.0 Å². The van der Waals surface area contributed by atoms with Crippen molar-refractivity contribution < 1.29 is 27.5 Å². The van der Waals surface area contributed by atoms with E-state index in [0.717, 1.165) is 0 Å². The van der Waals surface area contributed by atoms with E-state index in [1.54, 1.807) is 36.4 Å². The second-order valence-corrected chi connectivity index (χ2v) is 9.89. The van der Waals surface area contributed by atoms with Crippen molar-refractivity contribution in [2.24, 2.45) is 11.8 Å². The summed E-state index contributed by atoms with van der Waals surface area (Å²) in [6.45, 7) is 0. The Hall–Kier alpha value is -2.09. The molecule has 0 spiro atoms. The Morgan fingerprint density at radius 3 is 1.62 bits per heavy atom. The number of esters is 2.